The van der Waals surface area contributed by atoms with Gasteiger partial charge in [0.1, 0.15) is 12.7 Å². The van der Waals surface area contributed by atoms with E-state index in [9.17, 15) is 15.0 Å². The first kappa shape index (κ1) is 12.1. The highest BCUT2D eigenvalue weighted by atomic mass is 16.6. The van der Waals surface area contributed by atoms with Crippen LogP contribution in [0.5, 0.6) is 0 Å². The van der Waals surface area contributed by atoms with Gasteiger partial charge in [0.15, 0.2) is 5.60 Å². The molecule has 17 heavy (non-hydrogen) atoms. The first-order valence-corrected chi connectivity index (χ1v) is 5.74. The monoisotopic (exact) mass is 236 g/mol. The SMILES string of the molecule is O=C1OC[C@@H](O)[C@]1(O)CCCc1ccccc1. The van der Waals surface area contributed by atoms with E-state index in [0.29, 0.717) is 6.42 Å². The molecule has 0 radical (unpaired) electrons. The maximum atomic E-state index is 11.3. The molecule has 0 saturated carbocycles. The molecule has 1 aliphatic heterocycles. The fourth-order valence-electron chi connectivity index (χ4n) is 2.03. The maximum Gasteiger partial charge on any atom is 0.341 e. The zero-order chi connectivity index (χ0) is 12.3. The molecule has 1 heterocycles. The molecule has 0 spiro atoms. The minimum atomic E-state index is -1.71. The zero-order valence-electron chi connectivity index (χ0n) is 9.50. The highest BCUT2D eigenvalue weighted by Crippen LogP contribution is 2.26. The topological polar surface area (TPSA) is 66.8 Å². The van der Waals surface area contributed by atoms with Crippen LogP contribution in [0.25, 0.3) is 0 Å². The summed E-state index contributed by atoms with van der Waals surface area (Å²) in [5.41, 5.74) is -0.564. The van der Waals surface area contributed by atoms with E-state index in [4.69, 9.17) is 0 Å². The molecule has 0 unspecified atom stereocenters. The van der Waals surface area contributed by atoms with Crippen LogP contribution in [0, 0.1) is 0 Å². The van der Waals surface area contributed by atoms with Crippen molar-refractivity contribution in [2.45, 2.75) is 31.0 Å². The van der Waals surface area contributed by atoms with E-state index in [0.717, 1.165) is 12.0 Å². The van der Waals surface area contributed by atoms with E-state index in [1.165, 1.54) is 0 Å². The van der Waals surface area contributed by atoms with Crippen molar-refractivity contribution in [2.24, 2.45) is 0 Å². The Bertz CT molecular complexity index is 390. The summed E-state index contributed by atoms with van der Waals surface area (Å²) in [6.45, 7) is -0.110. The highest BCUT2D eigenvalue weighted by Gasteiger charge is 2.49. The molecule has 0 aromatic heterocycles. The molecule has 1 saturated heterocycles. The van der Waals surface area contributed by atoms with Gasteiger partial charge in [0, 0.05) is 0 Å². The molecule has 4 nitrogen and oxygen atoms in total. The zero-order valence-corrected chi connectivity index (χ0v) is 9.50. The third-order valence-electron chi connectivity index (χ3n) is 3.14. The molecule has 4 heteroatoms. The van der Waals surface area contributed by atoms with Crippen molar-refractivity contribution in [3.63, 3.8) is 0 Å². The standard InChI is InChI=1S/C13H16O4/c14-11-9-17-12(15)13(11,16)8-4-7-10-5-2-1-3-6-10/h1-3,5-6,11,14,16H,4,7-9H2/t11-,13-/m1/s1. The van der Waals surface area contributed by atoms with Gasteiger partial charge in [0.05, 0.1) is 0 Å². The number of ether oxygens (including phenoxy) is 1. The summed E-state index contributed by atoms with van der Waals surface area (Å²) in [5, 5.41) is 19.5. The van der Waals surface area contributed by atoms with E-state index in [1.54, 1.807) is 0 Å². The number of cyclic esters (lactones) is 1. The summed E-state index contributed by atoms with van der Waals surface area (Å²) < 4.78 is 4.64. The molecule has 92 valence electrons. The number of esters is 1. The van der Waals surface area contributed by atoms with Crippen LogP contribution in [-0.4, -0.2) is 34.5 Å². The predicted octanol–water partition coefficient (Wildman–Crippen LogP) is 0.658. The summed E-state index contributed by atoms with van der Waals surface area (Å²) in [4.78, 5) is 11.3. The minimum Gasteiger partial charge on any atom is -0.461 e. The van der Waals surface area contributed by atoms with Crippen molar-refractivity contribution < 1.29 is 19.7 Å². The number of aryl methyl sites for hydroxylation is 1. The molecule has 1 aliphatic rings. The molecule has 2 atom stereocenters. The maximum absolute atomic E-state index is 11.3. The predicted molar refractivity (Wildman–Crippen MR) is 61.3 cm³/mol. The van der Waals surface area contributed by atoms with Crippen LogP contribution < -0.4 is 0 Å². The number of hydrogen-bond acceptors (Lipinski definition) is 4. The van der Waals surface area contributed by atoms with E-state index in [1.807, 2.05) is 30.3 Å². The second-order valence-corrected chi connectivity index (χ2v) is 4.38. The van der Waals surface area contributed by atoms with E-state index < -0.39 is 17.7 Å². The van der Waals surface area contributed by atoms with Gasteiger partial charge < -0.3 is 14.9 Å². The minimum absolute atomic E-state index is 0.110. The molecule has 2 N–H and O–H groups in total. The van der Waals surface area contributed by atoms with Gasteiger partial charge in [-0.05, 0) is 24.8 Å². The normalized spacial score (nSPS) is 28.1. The Balaban J connectivity index is 1.88. The highest BCUT2D eigenvalue weighted by molar-refractivity contribution is 5.82. The molecule has 1 aromatic rings. The Labute approximate surface area is 99.8 Å². The lowest BCUT2D eigenvalue weighted by molar-refractivity contribution is -0.156. The number of rotatable bonds is 4. The fourth-order valence-corrected chi connectivity index (χ4v) is 2.03. The van der Waals surface area contributed by atoms with Crippen LogP contribution in [0.2, 0.25) is 0 Å². The average molecular weight is 236 g/mol. The lowest BCUT2D eigenvalue weighted by Gasteiger charge is -2.21. The van der Waals surface area contributed by atoms with Crippen LogP contribution >= 0.6 is 0 Å². The van der Waals surface area contributed by atoms with Crippen LogP contribution in [0.15, 0.2) is 30.3 Å². The second kappa shape index (κ2) is 4.85. The summed E-state index contributed by atoms with van der Waals surface area (Å²) in [7, 11) is 0. The summed E-state index contributed by atoms with van der Waals surface area (Å²) in [6, 6.07) is 9.82. The van der Waals surface area contributed by atoms with Gasteiger partial charge in [-0.3, -0.25) is 0 Å². The number of carbonyl (C=O) groups excluding carboxylic acids is 1. The Morgan fingerprint density at radius 2 is 2.06 bits per heavy atom. The van der Waals surface area contributed by atoms with Gasteiger partial charge in [0.2, 0.25) is 0 Å². The number of benzene rings is 1. The molecule has 0 amide bonds. The van der Waals surface area contributed by atoms with Gasteiger partial charge in [-0.2, -0.15) is 0 Å². The van der Waals surface area contributed by atoms with E-state index >= 15 is 0 Å². The fraction of sp³-hybridized carbons (Fsp3) is 0.462. The molecule has 1 fully saturated rings. The van der Waals surface area contributed by atoms with Crippen LogP contribution in [-0.2, 0) is 16.0 Å². The van der Waals surface area contributed by atoms with Crippen molar-refractivity contribution in [3.8, 4) is 0 Å². The van der Waals surface area contributed by atoms with Crippen LogP contribution in [0.1, 0.15) is 18.4 Å². The number of carbonyl (C=O) groups is 1. The second-order valence-electron chi connectivity index (χ2n) is 4.38. The summed E-state index contributed by atoms with van der Waals surface area (Å²) in [6.07, 6.45) is 0.517. The van der Waals surface area contributed by atoms with Crippen LogP contribution in [0.4, 0.5) is 0 Å². The van der Waals surface area contributed by atoms with Crippen LogP contribution in [0.3, 0.4) is 0 Å². The van der Waals surface area contributed by atoms with E-state index in [2.05, 4.69) is 4.74 Å². The molecule has 1 aromatic carbocycles. The van der Waals surface area contributed by atoms with Gasteiger partial charge >= 0.3 is 5.97 Å². The Morgan fingerprint density at radius 1 is 1.35 bits per heavy atom. The number of aliphatic hydroxyl groups is 2. The van der Waals surface area contributed by atoms with E-state index in [-0.39, 0.29) is 13.0 Å². The number of hydrogen-bond donors (Lipinski definition) is 2. The molecule has 2 rings (SSSR count). The van der Waals surface area contributed by atoms with Crippen molar-refractivity contribution in [1.29, 1.82) is 0 Å². The molecular formula is C13H16O4. The Morgan fingerprint density at radius 3 is 2.65 bits per heavy atom. The number of aliphatic hydroxyl groups excluding tert-OH is 1. The van der Waals surface area contributed by atoms with Crippen molar-refractivity contribution >= 4 is 5.97 Å². The van der Waals surface area contributed by atoms with Crippen molar-refractivity contribution in [2.75, 3.05) is 6.61 Å². The largest absolute Gasteiger partial charge is 0.461 e. The Hall–Kier alpha value is -1.39. The van der Waals surface area contributed by atoms with Gasteiger partial charge in [-0.25, -0.2) is 4.79 Å². The molecule has 0 bridgehead atoms. The quantitative estimate of drug-likeness (QED) is 0.754. The van der Waals surface area contributed by atoms with Gasteiger partial charge in [0.25, 0.3) is 0 Å². The molecular weight excluding hydrogens is 220 g/mol. The summed E-state index contributed by atoms with van der Waals surface area (Å²) in [5.74, 6) is -0.710. The van der Waals surface area contributed by atoms with Crippen molar-refractivity contribution in [3.05, 3.63) is 35.9 Å². The molecule has 0 aliphatic carbocycles. The van der Waals surface area contributed by atoms with Crippen molar-refractivity contribution in [1.82, 2.24) is 0 Å². The van der Waals surface area contributed by atoms with Gasteiger partial charge in [-0.15, -0.1) is 0 Å². The summed E-state index contributed by atoms with van der Waals surface area (Å²) >= 11 is 0. The Kier molecular flexibility index (Phi) is 3.45. The first-order chi connectivity index (χ1) is 8.13. The average Bonchev–Trinajstić information content (AvgIpc) is 2.59. The lowest BCUT2D eigenvalue weighted by Crippen LogP contribution is -2.44. The van der Waals surface area contributed by atoms with Gasteiger partial charge in [-0.1, -0.05) is 30.3 Å². The lowest BCUT2D eigenvalue weighted by atomic mass is 9.92. The third-order valence-corrected chi connectivity index (χ3v) is 3.14. The first-order valence-electron chi connectivity index (χ1n) is 5.74. The smallest absolute Gasteiger partial charge is 0.341 e. The third kappa shape index (κ3) is 2.48.